The molecule has 2 aromatic heterocycles. The number of hydrogen-bond donors (Lipinski definition) is 0. The number of pyridine rings is 1. The molecule has 0 aliphatic heterocycles. The van der Waals surface area contributed by atoms with Crippen molar-refractivity contribution in [3.63, 3.8) is 0 Å². The number of aryl methyl sites for hydroxylation is 2. The maximum atomic E-state index is 13.8. The Bertz CT molecular complexity index is 926. The number of benzene rings is 1. The predicted octanol–water partition coefficient (Wildman–Crippen LogP) is 1.97. The summed E-state index contributed by atoms with van der Waals surface area (Å²) in [6.45, 7) is 3.33. The fourth-order valence-corrected chi connectivity index (χ4v) is 1.96. The first-order valence-electron chi connectivity index (χ1n) is 7.15. The summed E-state index contributed by atoms with van der Waals surface area (Å²) in [5, 5.41) is 0. The van der Waals surface area contributed by atoms with Gasteiger partial charge in [0, 0.05) is 57.3 Å². The van der Waals surface area contributed by atoms with Crippen LogP contribution in [0.5, 0.6) is 0 Å². The van der Waals surface area contributed by atoms with Crippen molar-refractivity contribution in [1.29, 1.82) is 0 Å². The van der Waals surface area contributed by atoms with Gasteiger partial charge in [-0.25, -0.2) is 21.3 Å². The molecule has 0 saturated heterocycles. The minimum absolute atomic E-state index is 0. The van der Waals surface area contributed by atoms with E-state index in [2.05, 4.69) is 17.1 Å². The van der Waals surface area contributed by atoms with Crippen LogP contribution in [0, 0.1) is 31.8 Å². The van der Waals surface area contributed by atoms with Gasteiger partial charge in [-0.05, 0) is 12.6 Å². The van der Waals surface area contributed by atoms with Crippen molar-refractivity contribution < 1.29 is 37.1 Å². The number of nitrogens with zero attached hydrogens (tertiary/aromatic N) is 3. The minimum atomic E-state index is -0.616. The van der Waals surface area contributed by atoms with Crippen LogP contribution in [-0.2, 0) is 39.8 Å². The van der Waals surface area contributed by atoms with Crippen molar-refractivity contribution in [2.45, 2.75) is 13.8 Å². The summed E-state index contributed by atoms with van der Waals surface area (Å²) in [6, 6.07) is 13.0. The predicted molar refractivity (Wildman–Crippen MR) is 88.6 cm³/mol. The molecule has 3 aromatic rings. The van der Waals surface area contributed by atoms with Crippen molar-refractivity contribution in [2.75, 3.05) is 0 Å². The molecule has 0 bridgehead atoms. The maximum Gasteiger partial charge on any atom is 0.324 e. The Hall–Kier alpha value is -1.92. The Balaban J connectivity index is 0.000000379. The van der Waals surface area contributed by atoms with Crippen molar-refractivity contribution >= 4 is 0 Å². The van der Waals surface area contributed by atoms with Gasteiger partial charge in [0.05, 0.1) is 0 Å². The van der Waals surface area contributed by atoms with E-state index in [9.17, 15) is 14.0 Å². The minimum Gasteiger partial charge on any atom is -0.304 e. The van der Waals surface area contributed by atoms with E-state index >= 15 is 0 Å². The fraction of sp³-hybridized carbons (Fsp3) is 0.167. The SMILES string of the molecule is Cc1[c-]cc(-n2c(=O)cc(C)n(C)c2=O)c(F)c1.[Y].[c-]1cccnc1. The van der Waals surface area contributed by atoms with E-state index in [1.165, 1.54) is 29.8 Å². The van der Waals surface area contributed by atoms with Crippen LogP contribution in [0.3, 0.4) is 0 Å². The molecule has 0 aliphatic rings. The van der Waals surface area contributed by atoms with Gasteiger partial charge in [-0.3, -0.25) is 9.36 Å². The van der Waals surface area contributed by atoms with Gasteiger partial charge < -0.3 is 9.55 Å². The number of aromatic nitrogens is 3. The Morgan fingerprint density at radius 1 is 1.20 bits per heavy atom. The fourth-order valence-electron chi connectivity index (χ4n) is 1.96. The average Bonchev–Trinajstić information content (AvgIpc) is 2.57. The summed E-state index contributed by atoms with van der Waals surface area (Å²) < 4.78 is 15.9. The summed E-state index contributed by atoms with van der Waals surface area (Å²) in [5.74, 6) is -0.616. The Labute approximate surface area is 170 Å². The summed E-state index contributed by atoms with van der Waals surface area (Å²) >= 11 is 0. The van der Waals surface area contributed by atoms with Crippen molar-refractivity contribution in [1.82, 2.24) is 14.1 Å². The molecule has 7 heteroatoms. The zero-order valence-corrected chi connectivity index (χ0v) is 17.0. The topological polar surface area (TPSA) is 56.9 Å². The van der Waals surface area contributed by atoms with Crippen LogP contribution in [0.15, 0.2) is 52.3 Å². The van der Waals surface area contributed by atoms with Gasteiger partial charge in [0.25, 0.3) is 0 Å². The van der Waals surface area contributed by atoms with Crippen molar-refractivity contribution in [3.05, 3.63) is 92.8 Å². The second-order valence-corrected chi connectivity index (χ2v) is 5.10. The third-order valence-corrected chi connectivity index (χ3v) is 3.34. The molecule has 0 N–H and O–H groups in total. The molecule has 3 rings (SSSR count). The van der Waals surface area contributed by atoms with E-state index in [4.69, 9.17) is 0 Å². The van der Waals surface area contributed by atoms with Gasteiger partial charge in [0.1, 0.15) is 0 Å². The summed E-state index contributed by atoms with van der Waals surface area (Å²) in [4.78, 5) is 27.5. The number of rotatable bonds is 1. The van der Waals surface area contributed by atoms with E-state index in [-0.39, 0.29) is 38.4 Å². The third-order valence-electron chi connectivity index (χ3n) is 3.34. The molecule has 1 radical (unpaired) electrons. The quantitative estimate of drug-likeness (QED) is 0.573. The van der Waals surface area contributed by atoms with E-state index in [1.54, 1.807) is 26.2 Å². The molecule has 0 atom stereocenters. The third kappa shape index (κ3) is 5.28. The Kier molecular flexibility index (Phi) is 8.06. The van der Waals surface area contributed by atoms with Gasteiger partial charge in [-0.15, -0.1) is 6.07 Å². The molecule has 0 unspecified atom stereocenters. The molecule has 0 aliphatic carbocycles. The van der Waals surface area contributed by atoms with E-state index < -0.39 is 17.1 Å². The van der Waals surface area contributed by atoms with Crippen LogP contribution in [-0.4, -0.2) is 14.1 Å². The molecule has 25 heavy (non-hydrogen) atoms. The van der Waals surface area contributed by atoms with Crippen LogP contribution >= 0.6 is 0 Å². The first-order chi connectivity index (χ1) is 11.4. The zero-order chi connectivity index (χ0) is 17.7. The normalized spacial score (nSPS) is 9.60. The largest absolute Gasteiger partial charge is 0.324 e. The second kappa shape index (κ2) is 9.54. The van der Waals surface area contributed by atoms with Crippen LogP contribution < -0.4 is 11.2 Å². The standard InChI is InChI=1S/C13H12FN2O2.C5H4N.Y/c1-8-4-5-11(10(14)6-8)16-12(17)7-9(2)15(3)13(16)18;1-2-4-6-5-3-1;/h5-7H,1-3H3;1-2,4-5H;/q2*-1;. The van der Waals surface area contributed by atoms with Crippen LogP contribution in [0.4, 0.5) is 4.39 Å². The molecule has 0 saturated carbocycles. The number of hydrogen-bond acceptors (Lipinski definition) is 3. The zero-order valence-electron chi connectivity index (χ0n) is 14.2. The van der Waals surface area contributed by atoms with Crippen LogP contribution in [0.25, 0.3) is 5.69 Å². The van der Waals surface area contributed by atoms with E-state index in [0.717, 1.165) is 4.57 Å². The molecular formula is C18H16FN3O2Y-2. The monoisotopic (exact) mass is 414 g/mol. The number of halogens is 1. The molecule has 1 aromatic carbocycles. The Morgan fingerprint density at radius 3 is 2.40 bits per heavy atom. The smallest absolute Gasteiger partial charge is 0.304 e. The first kappa shape index (κ1) is 21.1. The van der Waals surface area contributed by atoms with Gasteiger partial charge in [-0.2, -0.15) is 23.8 Å². The summed E-state index contributed by atoms with van der Waals surface area (Å²) in [7, 11) is 1.53. The van der Waals surface area contributed by atoms with Crippen molar-refractivity contribution in [3.8, 4) is 5.69 Å². The van der Waals surface area contributed by atoms with Gasteiger partial charge in [-0.1, -0.05) is 19.3 Å². The summed E-state index contributed by atoms with van der Waals surface area (Å²) in [6.07, 6.45) is 3.34. The van der Waals surface area contributed by atoms with Crippen LogP contribution in [0.1, 0.15) is 11.3 Å². The molecule has 0 fully saturated rings. The van der Waals surface area contributed by atoms with Gasteiger partial charge >= 0.3 is 5.69 Å². The molecule has 0 amide bonds. The van der Waals surface area contributed by atoms with Gasteiger partial charge in [0.15, 0.2) is 0 Å². The van der Waals surface area contributed by atoms with E-state index in [1.807, 2.05) is 12.1 Å². The first-order valence-corrected chi connectivity index (χ1v) is 7.15. The molecule has 127 valence electrons. The summed E-state index contributed by atoms with van der Waals surface area (Å²) in [5.41, 5.74) is -0.0694. The maximum absolute atomic E-state index is 13.8. The second-order valence-electron chi connectivity index (χ2n) is 5.10. The average molecular weight is 414 g/mol. The Morgan fingerprint density at radius 2 is 1.92 bits per heavy atom. The van der Waals surface area contributed by atoms with Gasteiger partial charge in [0.2, 0.25) is 5.56 Å². The molecule has 2 heterocycles. The van der Waals surface area contributed by atoms with Crippen LogP contribution in [0.2, 0.25) is 0 Å². The molecule has 5 nitrogen and oxygen atoms in total. The molecule has 0 spiro atoms. The van der Waals surface area contributed by atoms with Crippen molar-refractivity contribution in [2.24, 2.45) is 7.05 Å². The molecular weight excluding hydrogens is 398 g/mol. The van der Waals surface area contributed by atoms with E-state index in [0.29, 0.717) is 11.3 Å².